The van der Waals surface area contributed by atoms with Gasteiger partial charge in [0, 0.05) is 16.6 Å². The van der Waals surface area contributed by atoms with Crippen LogP contribution in [0.5, 0.6) is 0 Å². The summed E-state index contributed by atoms with van der Waals surface area (Å²) in [5, 5.41) is 4.30. The fourth-order valence-electron chi connectivity index (χ4n) is 2.77. The molecule has 0 fully saturated rings. The second-order valence-electron chi connectivity index (χ2n) is 6.79. The van der Waals surface area contributed by atoms with Gasteiger partial charge in [-0.2, -0.15) is 9.41 Å². The Morgan fingerprint density at radius 1 is 1.06 bits per heavy atom. The first-order chi connectivity index (χ1) is 15.7. The number of rotatable bonds is 8. The minimum Gasteiger partial charge on any atom is -0.272 e. The van der Waals surface area contributed by atoms with Gasteiger partial charge in [0.05, 0.1) is 27.7 Å². The van der Waals surface area contributed by atoms with E-state index in [2.05, 4.69) is 26.5 Å². The van der Waals surface area contributed by atoms with Crippen LogP contribution in [-0.4, -0.2) is 31.4 Å². The van der Waals surface area contributed by atoms with Crippen molar-refractivity contribution in [1.82, 2.24) is 9.73 Å². The second-order valence-corrected chi connectivity index (χ2v) is 10.5. The lowest BCUT2D eigenvalue weighted by Crippen LogP contribution is -2.39. The molecule has 0 spiro atoms. The SMILES string of the molecule is O=C(CN(Cc1ccc(Cl)c(Cl)c1)S(=O)(=O)c1ccc(Br)cc1)N/N=C/c1ccccc1F. The van der Waals surface area contributed by atoms with Gasteiger partial charge in [-0.25, -0.2) is 18.2 Å². The molecule has 1 amide bonds. The van der Waals surface area contributed by atoms with Gasteiger partial charge in [0.1, 0.15) is 5.82 Å². The van der Waals surface area contributed by atoms with Gasteiger partial charge in [-0.1, -0.05) is 63.4 Å². The molecule has 0 bridgehead atoms. The van der Waals surface area contributed by atoms with Crippen LogP contribution in [0.1, 0.15) is 11.1 Å². The van der Waals surface area contributed by atoms with E-state index in [4.69, 9.17) is 23.2 Å². The fourth-order valence-corrected chi connectivity index (χ4v) is 4.74. The predicted octanol–water partition coefficient (Wildman–Crippen LogP) is 5.24. The van der Waals surface area contributed by atoms with Crippen LogP contribution >= 0.6 is 39.1 Å². The number of hydrogen-bond donors (Lipinski definition) is 1. The molecule has 6 nitrogen and oxygen atoms in total. The predicted molar refractivity (Wildman–Crippen MR) is 130 cm³/mol. The summed E-state index contributed by atoms with van der Waals surface area (Å²) < 4.78 is 41.9. The number of nitrogens with one attached hydrogen (secondary N) is 1. The molecule has 0 aliphatic carbocycles. The Bertz CT molecular complexity index is 1290. The molecule has 1 N–H and O–H groups in total. The van der Waals surface area contributed by atoms with Gasteiger partial charge in [0.2, 0.25) is 10.0 Å². The summed E-state index contributed by atoms with van der Waals surface area (Å²) in [5.41, 5.74) is 2.94. The standard InChI is InChI=1S/C22H17BrCl2FN3O3S/c23-17-6-8-18(9-7-17)33(31,32)29(13-15-5-10-19(24)20(25)11-15)14-22(30)28-27-12-16-3-1-2-4-21(16)26/h1-12H,13-14H2,(H,28,30)/b27-12+. The number of carbonyl (C=O) groups is 1. The summed E-state index contributed by atoms with van der Waals surface area (Å²) >= 11 is 15.3. The molecule has 0 heterocycles. The quantitative estimate of drug-likeness (QED) is 0.296. The fraction of sp³-hybridized carbons (Fsp3) is 0.0909. The lowest BCUT2D eigenvalue weighted by Gasteiger charge is -2.22. The summed E-state index contributed by atoms with van der Waals surface area (Å²) in [6, 6.07) is 16.6. The van der Waals surface area contributed by atoms with E-state index in [9.17, 15) is 17.6 Å². The maximum atomic E-state index is 13.7. The van der Waals surface area contributed by atoms with Gasteiger partial charge in [-0.3, -0.25) is 4.79 Å². The van der Waals surface area contributed by atoms with Crippen molar-refractivity contribution in [3.63, 3.8) is 0 Å². The number of benzene rings is 3. The highest BCUT2D eigenvalue weighted by molar-refractivity contribution is 9.10. The number of hydrazone groups is 1. The summed E-state index contributed by atoms with van der Waals surface area (Å²) in [4.78, 5) is 12.5. The highest BCUT2D eigenvalue weighted by atomic mass is 79.9. The van der Waals surface area contributed by atoms with Gasteiger partial charge in [0.25, 0.3) is 5.91 Å². The molecular weight excluding hydrogens is 556 g/mol. The number of halogens is 4. The summed E-state index contributed by atoms with van der Waals surface area (Å²) in [5.74, 6) is -1.21. The van der Waals surface area contributed by atoms with E-state index in [1.807, 2.05) is 0 Å². The third-order valence-electron chi connectivity index (χ3n) is 4.41. The van der Waals surface area contributed by atoms with Crippen LogP contribution in [0.4, 0.5) is 4.39 Å². The van der Waals surface area contributed by atoms with Crippen LogP contribution in [0.3, 0.4) is 0 Å². The monoisotopic (exact) mass is 571 g/mol. The lowest BCUT2D eigenvalue weighted by molar-refractivity contribution is -0.121. The smallest absolute Gasteiger partial charge is 0.255 e. The third kappa shape index (κ3) is 6.84. The minimum absolute atomic E-state index is 0.00779. The highest BCUT2D eigenvalue weighted by Gasteiger charge is 2.27. The normalized spacial score (nSPS) is 11.8. The van der Waals surface area contributed by atoms with E-state index in [0.29, 0.717) is 15.1 Å². The first-order valence-electron chi connectivity index (χ1n) is 9.43. The lowest BCUT2D eigenvalue weighted by atomic mass is 10.2. The molecule has 0 aliphatic rings. The zero-order chi connectivity index (χ0) is 24.0. The number of hydrogen-bond acceptors (Lipinski definition) is 4. The molecule has 0 aliphatic heterocycles. The molecule has 0 atom stereocenters. The average Bonchev–Trinajstić information content (AvgIpc) is 2.77. The summed E-state index contributed by atoms with van der Waals surface area (Å²) in [7, 11) is -4.05. The maximum Gasteiger partial charge on any atom is 0.255 e. The second kappa shape index (κ2) is 11.2. The van der Waals surface area contributed by atoms with Crippen molar-refractivity contribution in [2.75, 3.05) is 6.54 Å². The van der Waals surface area contributed by atoms with Crippen LogP contribution < -0.4 is 5.43 Å². The Balaban J connectivity index is 1.82. The van der Waals surface area contributed by atoms with Crippen LogP contribution in [0.25, 0.3) is 0 Å². The topological polar surface area (TPSA) is 78.8 Å². The van der Waals surface area contributed by atoms with Crippen molar-refractivity contribution in [3.8, 4) is 0 Å². The Labute approximate surface area is 209 Å². The number of nitrogens with zero attached hydrogens (tertiary/aromatic N) is 2. The van der Waals surface area contributed by atoms with Crippen molar-refractivity contribution in [2.24, 2.45) is 5.10 Å². The number of carbonyl (C=O) groups excluding carboxylic acids is 1. The van der Waals surface area contributed by atoms with Crippen molar-refractivity contribution in [1.29, 1.82) is 0 Å². The van der Waals surface area contributed by atoms with Crippen LogP contribution in [0.15, 0.2) is 81.2 Å². The van der Waals surface area contributed by atoms with Crippen molar-refractivity contribution >= 4 is 61.3 Å². The highest BCUT2D eigenvalue weighted by Crippen LogP contribution is 2.25. The molecule has 33 heavy (non-hydrogen) atoms. The molecule has 0 radical (unpaired) electrons. The molecule has 0 saturated heterocycles. The summed E-state index contributed by atoms with van der Waals surface area (Å²) in [6.45, 7) is -0.674. The van der Waals surface area contributed by atoms with E-state index in [1.54, 1.807) is 30.3 Å². The van der Waals surface area contributed by atoms with Gasteiger partial charge in [0.15, 0.2) is 0 Å². The van der Waals surface area contributed by atoms with Crippen molar-refractivity contribution < 1.29 is 17.6 Å². The van der Waals surface area contributed by atoms with Gasteiger partial charge < -0.3 is 0 Å². The molecule has 0 saturated carbocycles. The zero-order valence-electron chi connectivity index (χ0n) is 16.9. The van der Waals surface area contributed by atoms with Crippen molar-refractivity contribution in [3.05, 3.63) is 98.2 Å². The first-order valence-corrected chi connectivity index (χ1v) is 12.4. The Morgan fingerprint density at radius 2 is 1.76 bits per heavy atom. The Hall–Kier alpha value is -2.30. The van der Waals surface area contributed by atoms with Crippen LogP contribution in [-0.2, 0) is 21.4 Å². The van der Waals surface area contributed by atoms with Crippen LogP contribution in [0.2, 0.25) is 10.0 Å². The minimum atomic E-state index is -4.05. The molecule has 3 aromatic carbocycles. The molecule has 0 unspecified atom stereocenters. The summed E-state index contributed by atoms with van der Waals surface area (Å²) in [6.07, 6.45) is 1.14. The molecule has 3 rings (SSSR count). The van der Waals surface area contributed by atoms with E-state index in [-0.39, 0.29) is 22.0 Å². The Morgan fingerprint density at radius 3 is 2.42 bits per heavy atom. The average molecular weight is 573 g/mol. The maximum absolute atomic E-state index is 13.7. The molecule has 0 aromatic heterocycles. The van der Waals surface area contributed by atoms with Gasteiger partial charge in [-0.15, -0.1) is 0 Å². The molecular formula is C22H17BrCl2FN3O3S. The first kappa shape index (κ1) is 25.3. The van der Waals surface area contributed by atoms with E-state index >= 15 is 0 Å². The number of amides is 1. The molecule has 172 valence electrons. The Kier molecular flexibility index (Phi) is 8.61. The van der Waals surface area contributed by atoms with E-state index in [1.165, 1.54) is 36.4 Å². The van der Waals surface area contributed by atoms with Crippen LogP contribution in [0, 0.1) is 5.82 Å². The van der Waals surface area contributed by atoms with Gasteiger partial charge in [-0.05, 0) is 48.0 Å². The molecule has 11 heteroatoms. The largest absolute Gasteiger partial charge is 0.272 e. The molecule has 3 aromatic rings. The third-order valence-corrected chi connectivity index (χ3v) is 7.49. The van der Waals surface area contributed by atoms with E-state index < -0.39 is 28.3 Å². The zero-order valence-corrected chi connectivity index (χ0v) is 20.8. The van der Waals surface area contributed by atoms with Crippen molar-refractivity contribution in [2.45, 2.75) is 11.4 Å². The number of sulfonamides is 1. The van der Waals surface area contributed by atoms with E-state index in [0.717, 1.165) is 10.5 Å². The van der Waals surface area contributed by atoms with Gasteiger partial charge >= 0.3 is 0 Å².